The summed E-state index contributed by atoms with van der Waals surface area (Å²) < 4.78 is 5.76. The number of nitrogens with one attached hydrogen (secondary N) is 1. The van der Waals surface area contributed by atoms with E-state index in [2.05, 4.69) is 60.6 Å². The molecule has 0 radical (unpaired) electrons. The van der Waals surface area contributed by atoms with Crippen molar-refractivity contribution in [1.29, 1.82) is 0 Å². The van der Waals surface area contributed by atoms with Crippen LogP contribution in [-0.2, 0) is 0 Å². The Labute approximate surface area is 177 Å². The van der Waals surface area contributed by atoms with Crippen molar-refractivity contribution < 1.29 is 4.74 Å². The molecule has 1 N–H and O–H groups in total. The van der Waals surface area contributed by atoms with Crippen molar-refractivity contribution in [3.05, 3.63) is 77.9 Å². The van der Waals surface area contributed by atoms with Gasteiger partial charge in [0.05, 0.1) is 6.61 Å². The van der Waals surface area contributed by atoms with E-state index in [0.717, 1.165) is 58.7 Å². The molecule has 1 aromatic heterocycles. The fraction of sp³-hybridized carbons (Fsp3) is 0.231. The molecule has 0 amide bonds. The maximum atomic E-state index is 5.76. The summed E-state index contributed by atoms with van der Waals surface area (Å²) in [5.74, 6) is 1.64. The molecule has 0 fully saturated rings. The number of ether oxygens (including phenoxy) is 1. The number of hydrogen-bond acceptors (Lipinski definition) is 4. The van der Waals surface area contributed by atoms with Gasteiger partial charge in [0.15, 0.2) is 5.82 Å². The van der Waals surface area contributed by atoms with Gasteiger partial charge in [-0.25, -0.2) is 0 Å². The van der Waals surface area contributed by atoms with Crippen LogP contribution in [-0.4, -0.2) is 16.8 Å². The predicted molar refractivity (Wildman–Crippen MR) is 125 cm³/mol. The number of aromatic nitrogens is 2. The molecule has 3 aromatic carbocycles. The first-order chi connectivity index (χ1) is 14.7. The van der Waals surface area contributed by atoms with Crippen LogP contribution in [0, 0.1) is 13.8 Å². The molecule has 152 valence electrons. The Kier molecular flexibility index (Phi) is 5.94. The molecule has 1 heterocycles. The van der Waals surface area contributed by atoms with Gasteiger partial charge in [-0.15, -0.1) is 10.2 Å². The molecule has 0 saturated carbocycles. The first-order valence-corrected chi connectivity index (χ1v) is 10.5. The van der Waals surface area contributed by atoms with Crippen molar-refractivity contribution in [3.8, 4) is 17.0 Å². The lowest BCUT2D eigenvalue weighted by Crippen LogP contribution is -2.01. The van der Waals surface area contributed by atoms with E-state index in [0.29, 0.717) is 0 Å². The van der Waals surface area contributed by atoms with E-state index in [9.17, 15) is 0 Å². The molecule has 0 saturated heterocycles. The minimum atomic E-state index is 0.749. The maximum Gasteiger partial charge on any atom is 0.161 e. The number of anilines is 2. The largest absolute Gasteiger partial charge is 0.494 e. The molecule has 0 aliphatic heterocycles. The topological polar surface area (TPSA) is 47.0 Å². The van der Waals surface area contributed by atoms with Gasteiger partial charge in [0, 0.05) is 22.0 Å². The highest BCUT2D eigenvalue weighted by Gasteiger charge is 2.13. The average Bonchev–Trinajstić information content (AvgIpc) is 2.77. The Morgan fingerprint density at radius 1 is 0.833 bits per heavy atom. The van der Waals surface area contributed by atoms with Crippen LogP contribution >= 0.6 is 0 Å². The molecule has 4 heteroatoms. The lowest BCUT2D eigenvalue weighted by Gasteiger charge is -2.14. The smallest absolute Gasteiger partial charge is 0.161 e. The molecule has 4 aromatic rings. The summed E-state index contributed by atoms with van der Waals surface area (Å²) in [6.07, 6.45) is 2.19. The Morgan fingerprint density at radius 3 is 2.23 bits per heavy atom. The number of rotatable bonds is 7. The summed E-state index contributed by atoms with van der Waals surface area (Å²) >= 11 is 0. The van der Waals surface area contributed by atoms with Crippen LogP contribution in [0.2, 0.25) is 0 Å². The number of fused-ring (bicyclic) bond motifs is 1. The Morgan fingerprint density at radius 2 is 1.53 bits per heavy atom. The van der Waals surface area contributed by atoms with Crippen LogP contribution in [0.4, 0.5) is 11.5 Å². The van der Waals surface area contributed by atoms with Gasteiger partial charge in [0.1, 0.15) is 11.4 Å². The van der Waals surface area contributed by atoms with Crippen LogP contribution in [0.5, 0.6) is 5.75 Å². The highest BCUT2D eigenvalue weighted by Crippen LogP contribution is 2.33. The zero-order valence-corrected chi connectivity index (χ0v) is 17.8. The summed E-state index contributed by atoms with van der Waals surface area (Å²) in [6, 6.07) is 22.6. The Balaban J connectivity index is 1.69. The molecular weight excluding hydrogens is 370 g/mol. The number of nitrogens with zero attached hydrogens (tertiary/aromatic N) is 2. The van der Waals surface area contributed by atoms with E-state index in [1.165, 1.54) is 11.1 Å². The molecule has 0 aliphatic carbocycles. The van der Waals surface area contributed by atoms with Crippen LogP contribution in [0.25, 0.3) is 22.0 Å². The minimum absolute atomic E-state index is 0.749. The molecule has 4 nitrogen and oxygen atoms in total. The molecular formula is C26H27N3O. The van der Waals surface area contributed by atoms with Crippen molar-refractivity contribution >= 4 is 22.3 Å². The van der Waals surface area contributed by atoms with E-state index < -0.39 is 0 Å². The zero-order valence-electron chi connectivity index (χ0n) is 17.8. The number of unbranched alkanes of at least 4 members (excludes halogenated alkanes) is 1. The van der Waals surface area contributed by atoms with Gasteiger partial charge in [-0.05, 0) is 67.8 Å². The lowest BCUT2D eigenvalue weighted by atomic mass is 9.99. The van der Waals surface area contributed by atoms with Gasteiger partial charge in [-0.2, -0.15) is 0 Å². The van der Waals surface area contributed by atoms with E-state index in [-0.39, 0.29) is 0 Å². The van der Waals surface area contributed by atoms with Gasteiger partial charge < -0.3 is 10.1 Å². The van der Waals surface area contributed by atoms with Crippen LogP contribution < -0.4 is 10.1 Å². The maximum absolute atomic E-state index is 5.76. The molecule has 0 bridgehead atoms. The Bertz CT molecular complexity index is 1140. The molecule has 0 aliphatic rings. The summed E-state index contributed by atoms with van der Waals surface area (Å²) in [4.78, 5) is 0. The zero-order chi connectivity index (χ0) is 20.9. The summed E-state index contributed by atoms with van der Waals surface area (Å²) in [7, 11) is 0. The molecule has 0 atom stereocenters. The van der Waals surface area contributed by atoms with Crippen LogP contribution in [0.15, 0.2) is 66.7 Å². The minimum Gasteiger partial charge on any atom is -0.494 e. The van der Waals surface area contributed by atoms with Crippen molar-refractivity contribution in [1.82, 2.24) is 10.2 Å². The molecule has 4 rings (SSSR count). The lowest BCUT2D eigenvalue weighted by molar-refractivity contribution is 0.309. The second-order valence-electron chi connectivity index (χ2n) is 7.60. The molecule has 0 spiro atoms. The fourth-order valence-electron chi connectivity index (χ4n) is 3.42. The predicted octanol–water partition coefficient (Wildman–Crippen LogP) is 6.84. The van der Waals surface area contributed by atoms with E-state index in [4.69, 9.17) is 4.74 Å². The third-order valence-corrected chi connectivity index (χ3v) is 5.33. The van der Waals surface area contributed by atoms with E-state index >= 15 is 0 Å². The third kappa shape index (κ3) is 4.28. The Hall–Kier alpha value is -3.40. The van der Waals surface area contributed by atoms with Crippen molar-refractivity contribution in [2.75, 3.05) is 11.9 Å². The van der Waals surface area contributed by atoms with Crippen LogP contribution in [0.1, 0.15) is 30.9 Å². The van der Waals surface area contributed by atoms with Gasteiger partial charge in [-0.1, -0.05) is 43.7 Å². The van der Waals surface area contributed by atoms with Crippen LogP contribution in [0.3, 0.4) is 0 Å². The van der Waals surface area contributed by atoms with Gasteiger partial charge in [-0.3, -0.25) is 0 Å². The highest BCUT2D eigenvalue weighted by molar-refractivity contribution is 6.01. The van der Waals surface area contributed by atoms with Gasteiger partial charge in [0.2, 0.25) is 0 Å². The first-order valence-electron chi connectivity index (χ1n) is 10.5. The fourth-order valence-corrected chi connectivity index (χ4v) is 3.42. The molecule has 0 unspecified atom stereocenters. The standard InChI is InChI=1S/C26H27N3O/c1-4-5-15-30-22-13-11-21(12-14-22)27-26-24-17-19(3)18(2)16-23(24)25(28-29-26)20-9-7-6-8-10-20/h6-14,16-17H,4-5,15H2,1-3H3,(H,27,29). The quantitative estimate of drug-likeness (QED) is 0.347. The normalized spacial score (nSPS) is 10.9. The second-order valence-corrected chi connectivity index (χ2v) is 7.60. The first kappa shape index (κ1) is 19.9. The molecule has 30 heavy (non-hydrogen) atoms. The number of hydrogen-bond donors (Lipinski definition) is 1. The second kappa shape index (κ2) is 8.95. The number of aryl methyl sites for hydroxylation is 2. The summed E-state index contributed by atoms with van der Waals surface area (Å²) in [6.45, 7) is 7.17. The third-order valence-electron chi connectivity index (χ3n) is 5.33. The van der Waals surface area contributed by atoms with Crippen molar-refractivity contribution in [2.24, 2.45) is 0 Å². The average molecular weight is 398 g/mol. The summed E-state index contributed by atoms with van der Waals surface area (Å²) in [5.41, 5.74) is 5.40. The van der Waals surface area contributed by atoms with Crippen molar-refractivity contribution in [2.45, 2.75) is 33.6 Å². The van der Waals surface area contributed by atoms with Gasteiger partial charge >= 0.3 is 0 Å². The SMILES string of the molecule is CCCCOc1ccc(Nc2nnc(-c3ccccc3)c3cc(C)c(C)cc23)cc1. The van der Waals surface area contributed by atoms with E-state index in [1.54, 1.807) is 0 Å². The monoisotopic (exact) mass is 397 g/mol. The summed E-state index contributed by atoms with van der Waals surface area (Å²) in [5, 5.41) is 14.7. The number of benzene rings is 3. The van der Waals surface area contributed by atoms with Crippen molar-refractivity contribution in [3.63, 3.8) is 0 Å². The highest BCUT2D eigenvalue weighted by atomic mass is 16.5. The van der Waals surface area contributed by atoms with E-state index in [1.807, 2.05) is 42.5 Å². The van der Waals surface area contributed by atoms with Gasteiger partial charge in [0.25, 0.3) is 0 Å².